The van der Waals surface area contributed by atoms with Gasteiger partial charge in [0.15, 0.2) is 5.16 Å². The summed E-state index contributed by atoms with van der Waals surface area (Å²) in [7, 11) is 0. The third-order valence-electron chi connectivity index (χ3n) is 7.06. The minimum atomic E-state index is 0.0370. The summed E-state index contributed by atoms with van der Waals surface area (Å²) in [5.74, 6) is 1.01. The Bertz CT molecular complexity index is 1080. The number of hydrogen-bond donors (Lipinski definition) is 0. The number of thiophene rings is 1. The average molecular weight is 492 g/mol. The molecule has 2 aromatic heterocycles. The normalized spacial score (nSPS) is 25.5. The van der Waals surface area contributed by atoms with E-state index in [1.165, 1.54) is 22.2 Å². The number of amides is 1. The third kappa shape index (κ3) is 4.88. The van der Waals surface area contributed by atoms with Crippen molar-refractivity contribution >= 4 is 39.2 Å². The fourth-order valence-electron chi connectivity index (χ4n) is 5.08. The van der Waals surface area contributed by atoms with Gasteiger partial charge in [0.1, 0.15) is 4.83 Å². The summed E-state index contributed by atoms with van der Waals surface area (Å²) in [5, 5.41) is 1.44. The first-order valence-corrected chi connectivity index (χ1v) is 14.0. The van der Waals surface area contributed by atoms with Crippen molar-refractivity contribution in [1.82, 2.24) is 14.5 Å². The minimum Gasteiger partial charge on any atom is -0.376 e. The van der Waals surface area contributed by atoms with Crippen molar-refractivity contribution in [3.63, 3.8) is 0 Å². The van der Waals surface area contributed by atoms with Crippen molar-refractivity contribution in [2.75, 3.05) is 32.1 Å². The Hall–Kier alpha value is -1.42. The molecule has 4 heterocycles. The molecule has 0 aromatic carbocycles. The van der Waals surface area contributed by atoms with Gasteiger partial charge in [-0.25, -0.2) is 4.98 Å². The summed E-state index contributed by atoms with van der Waals surface area (Å²) >= 11 is 3.06. The van der Waals surface area contributed by atoms with E-state index in [4.69, 9.17) is 14.5 Å². The van der Waals surface area contributed by atoms with Gasteiger partial charge in [-0.05, 0) is 50.0 Å². The highest BCUT2D eigenvalue weighted by Crippen LogP contribution is 2.36. The van der Waals surface area contributed by atoms with E-state index >= 15 is 0 Å². The topological polar surface area (TPSA) is 73.7 Å². The van der Waals surface area contributed by atoms with Crippen LogP contribution in [0.5, 0.6) is 0 Å². The maximum Gasteiger partial charge on any atom is 0.263 e. The van der Waals surface area contributed by atoms with Crippen molar-refractivity contribution in [3.05, 3.63) is 20.8 Å². The molecule has 0 saturated carbocycles. The van der Waals surface area contributed by atoms with Gasteiger partial charge in [0, 0.05) is 24.6 Å². The monoisotopic (exact) mass is 491 g/mol. The number of aromatic nitrogens is 2. The molecule has 7 nitrogen and oxygen atoms in total. The molecule has 9 heteroatoms. The van der Waals surface area contributed by atoms with Gasteiger partial charge in [-0.1, -0.05) is 25.6 Å². The summed E-state index contributed by atoms with van der Waals surface area (Å²) in [5.41, 5.74) is 1.24. The Labute approximate surface area is 202 Å². The van der Waals surface area contributed by atoms with Crippen molar-refractivity contribution in [3.8, 4) is 0 Å². The maximum atomic E-state index is 13.7. The molecule has 2 fully saturated rings. The van der Waals surface area contributed by atoms with Gasteiger partial charge in [-0.3, -0.25) is 14.2 Å². The molecule has 2 aliphatic heterocycles. The minimum absolute atomic E-state index is 0.0370. The SMILES string of the molecule is CCC1CN(C(=O)CSc2nc3sc4c(c3c(=O)n2CC2CCCO2)CCC(C)C4)CCO1. The molecule has 3 aliphatic rings. The summed E-state index contributed by atoms with van der Waals surface area (Å²) in [6.45, 7) is 7.46. The zero-order valence-corrected chi connectivity index (χ0v) is 21.1. The number of nitrogens with zero attached hydrogens (tertiary/aromatic N) is 3. The first kappa shape index (κ1) is 23.3. The van der Waals surface area contributed by atoms with E-state index in [0.717, 1.165) is 55.3 Å². The van der Waals surface area contributed by atoms with Gasteiger partial charge in [0.05, 0.1) is 36.5 Å². The van der Waals surface area contributed by atoms with Crippen LogP contribution >= 0.6 is 23.1 Å². The number of carbonyl (C=O) groups is 1. The zero-order chi connectivity index (χ0) is 22.9. The fraction of sp³-hybridized carbons (Fsp3) is 0.708. The van der Waals surface area contributed by atoms with E-state index in [1.54, 1.807) is 15.9 Å². The third-order valence-corrected chi connectivity index (χ3v) is 9.17. The van der Waals surface area contributed by atoms with Crippen molar-refractivity contribution in [2.45, 2.75) is 76.3 Å². The second-order valence-electron chi connectivity index (χ2n) is 9.51. The second-order valence-corrected chi connectivity index (χ2v) is 11.5. The first-order valence-electron chi connectivity index (χ1n) is 12.2. The molecular formula is C24H33N3O4S2. The number of thioether (sulfide) groups is 1. The molecule has 0 bridgehead atoms. The van der Waals surface area contributed by atoms with Crippen molar-refractivity contribution < 1.29 is 14.3 Å². The number of morpholine rings is 1. The molecule has 5 rings (SSSR count). The molecule has 3 unspecified atom stereocenters. The number of hydrogen-bond acceptors (Lipinski definition) is 7. The molecule has 33 heavy (non-hydrogen) atoms. The fourth-order valence-corrected chi connectivity index (χ4v) is 7.41. The summed E-state index contributed by atoms with van der Waals surface area (Å²) < 4.78 is 13.3. The lowest BCUT2D eigenvalue weighted by molar-refractivity contribution is -0.135. The van der Waals surface area contributed by atoms with E-state index in [9.17, 15) is 9.59 Å². The molecule has 0 radical (unpaired) electrons. The molecule has 180 valence electrons. The lowest BCUT2D eigenvalue weighted by Gasteiger charge is -2.32. The average Bonchev–Trinajstić information content (AvgIpc) is 3.46. The van der Waals surface area contributed by atoms with Gasteiger partial charge in [0.2, 0.25) is 5.91 Å². The van der Waals surface area contributed by atoms with Crippen LogP contribution in [0.3, 0.4) is 0 Å². The van der Waals surface area contributed by atoms with Crippen molar-refractivity contribution in [1.29, 1.82) is 0 Å². The zero-order valence-electron chi connectivity index (χ0n) is 19.5. The van der Waals surface area contributed by atoms with E-state index in [-0.39, 0.29) is 29.4 Å². The molecule has 1 aliphatic carbocycles. The predicted octanol–water partition coefficient (Wildman–Crippen LogP) is 3.49. The van der Waals surface area contributed by atoms with E-state index in [2.05, 4.69) is 13.8 Å². The van der Waals surface area contributed by atoms with Gasteiger partial charge in [-0.15, -0.1) is 11.3 Å². The highest BCUT2D eigenvalue weighted by atomic mass is 32.2. The van der Waals surface area contributed by atoms with Crippen LogP contribution in [-0.2, 0) is 33.7 Å². The highest BCUT2D eigenvalue weighted by Gasteiger charge is 2.28. The van der Waals surface area contributed by atoms with E-state index < -0.39 is 0 Å². The maximum absolute atomic E-state index is 13.7. The van der Waals surface area contributed by atoms with E-state index in [0.29, 0.717) is 37.3 Å². The quantitative estimate of drug-likeness (QED) is 0.455. The van der Waals surface area contributed by atoms with Crippen LogP contribution in [0, 0.1) is 5.92 Å². The molecule has 2 saturated heterocycles. The van der Waals surface area contributed by atoms with Gasteiger partial charge >= 0.3 is 0 Å². The molecule has 1 amide bonds. The van der Waals surface area contributed by atoms with Crippen LogP contribution in [0.4, 0.5) is 0 Å². The second kappa shape index (κ2) is 10.1. The molecule has 3 atom stereocenters. The molecule has 2 aromatic rings. The van der Waals surface area contributed by atoms with Crippen LogP contribution in [0.1, 0.15) is 50.0 Å². The first-order chi connectivity index (χ1) is 16.0. The summed E-state index contributed by atoms with van der Waals surface area (Å²) in [6.07, 6.45) is 6.13. The number of rotatable bonds is 6. The number of carbonyl (C=O) groups excluding carboxylic acids is 1. The Balaban J connectivity index is 1.43. The predicted molar refractivity (Wildman–Crippen MR) is 131 cm³/mol. The largest absolute Gasteiger partial charge is 0.376 e. The van der Waals surface area contributed by atoms with E-state index in [1.807, 2.05) is 4.90 Å². The van der Waals surface area contributed by atoms with Gasteiger partial charge in [-0.2, -0.15) is 0 Å². The lowest BCUT2D eigenvalue weighted by Crippen LogP contribution is -2.46. The van der Waals surface area contributed by atoms with Crippen molar-refractivity contribution in [2.24, 2.45) is 5.92 Å². The molecule has 0 spiro atoms. The van der Waals surface area contributed by atoms with Crippen LogP contribution < -0.4 is 5.56 Å². The Morgan fingerprint density at radius 3 is 2.88 bits per heavy atom. The smallest absolute Gasteiger partial charge is 0.263 e. The Kier molecular flexibility index (Phi) is 7.11. The standard InChI is InChI=1S/C24H33N3O4S2/c1-3-16-12-26(8-10-31-16)20(28)14-32-24-25-22-21(18-7-6-15(2)11-19(18)33-22)23(29)27(24)13-17-5-4-9-30-17/h15-17H,3-14H2,1-2H3. The van der Waals surface area contributed by atoms with Gasteiger partial charge in [0.25, 0.3) is 5.56 Å². The Morgan fingerprint density at radius 1 is 1.24 bits per heavy atom. The summed E-state index contributed by atoms with van der Waals surface area (Å²) in [4.78, 5) is 35.7. The van der Waals surface area contributed by atoms with Crippen LogP contribution in [0.15, 0.2) is 9.95 Å². The van der Waals surface area contributed by atoms with Crippen LogP contribution in [0.25, 0.3) is 10.2 Å². The lowest BCUT2D eigenvalue weighted by atomic mass is 9.89. The highest BCUT2D eigenvalue weighted by molar-refractivity contribution is 7.99. The number of ether oxygens (including phenoxy) is 2. The Morgan fingerprint density at radius 2 is 2.09 bits per heavy atom. The molecular weight excluding hydrogens is 458 g/mol. The van der Waals surface area contributed by atoms with Crippen LogP contribution in [-0.4, -0.2) is 64.6 Å². The van der Waals surface area contributed by atoms with Gasteiger partial charge < -0.3 is 14.4 Å². The number of fused-ring (bicyclic) bond motifs is 3. The summed E-state index contributed by atoms with van der Waals surface area (Å²) in [6, 6.07) is 0. The molecule has 0 N–H and O–H groups in total. The van der Waals surface area contributed by atoms with Crippen LogP contribution in [0.2, 0.25) is 0 Å². The number of aryl methyl sites for hydroxylation is 1.